The van der Waals surface area contributed by atoms with E-state index in [1.165, 1.54) is 11.3 Å². The number of halogens is 1. The number of hydrogen-bond acceptors (Lipinski definition) is 5. The normalized spacial score (nSPS) is 11.2. The van der Waals surface area contributed by atoms with Crippen LogP contribution in [-0.4, -0.2) is 21.6 Å². The molecule has 0 saturated heterocycles. The summed E-state index contributed by atoms with van der Waals surface area (Å²) in [5.74, 6) is -0.359. The lowest BCUT2D eigenvalue weighted by molar-refractivity contribution is 0.0378. The Labute approximate surface area is 182 Å². The Hall–Kier alpha value is -2.96. The van der Waals surface area contributed by atoms with Gasteiger partial charge < -0.3 is 4.74 Å². The van der Waals surface area contributed by atoms with Crippen molar-refractivity contribution in [1.82, 2.24) is 9.55 Å². The van der Waals surface area contributed by atoms with Gasteiger partial charge in [-0.15, -0.1) is 11.3 Å². The van der Waals surface area contributed by atoms with Gasteiger partial charge in [0.1, 0.15) is 4.83 Å². The summed E-state index contributed by atoms with van der Waals surface area (Å²) in [5.41, 5.74) is 3.05. The average molecular weight is 439 g/mol. The standard InChI is InChI=1S/C23H19ClN2O3S/c1-14(2)29-23(28)17-5-3-15(4-6-17)11-26-13-25-21-20(22(26)27)19(12-30-21)16-7-9-18(24)10-8-16/h3-10,12-14H,11H2,1-2H3. The van der Waals surface area contributed by atoms with Gasteiger partial charge in [0, 0.05) is 16.0 Å². The molecular formula is C23H19ClN2O3S. The monoisotopic (exact) mass is 438 g/mol. The van der Waals surface area contributed by atoms with E-state index in [-0.39, 0.29) is 17.6 Å². The molecule has 0 aliphatic carbocycles. The Morgan fingerprint density at radius 1 is 1.13 bits per heavy atom. The van der Waals surface area contributed by atoms with Crippen molar-refractivity contribution in [1.29, 1.82) is 0 Å². The number of aromatic nitrogens is 2. The first kappa shape index (κ1) is 20.3. The highest BCUT2D eigenvalue weighted by atomic mass is 35.5. The SMILES string of the molecule is CC(C)OC(=O)c1ccc(Cn2cnc3scc(-c4ccc(Cl)cc4)c3c2=O)cc1. The zero-order valence-electron chi connectivity index (χ0n) is 16.5. The third kappa shape index (κ3) is 4.15. The molecule has 2 aromatic heterocycles. The summed E-state index contributed by atoms with van der Waals surface area (Å²) in [4.78, 5) is 30.3. The van der Waals surface area contributed by atoms with Crippen molar-refractivity contribution >= 4 is 39.1 Å². The number of thiophene rings is 1. The van der Waals surface area contributed by atoms with E-state index in [1.807, 2.05) is 43.5 Å². The molecule has 0 N–H and O–H groups in total. The largest absolute Gasteiger partial charge is 0.459 e. The van der Waals surface area contributed by atoms with E-state index in [2.05, 4.69) is 4.98 Å². The summed E-state index contributed by atoms with van der Waals surface area (Å²) < 4.78 is 6.78. The predicted octanol–water partition coefficient (Wildman–Crippen LogP) is 5.39. The topological polar surface area (TPSA) is 61.2 Å². The molecule has 2 aromatic carbocycles. The van der Waals surface area contributed by atoms with E-state index in [9.17, 15) is 9.59 Å². The molecular weight excluding hydrogens is 420 g/mol. The van der Waals surface area contributed by atoms with Crippen LogP contribution in [0.15, 0.2) is 65.0 Å². The second-order valence-corrected chi connectivity index (χ2v) is 8.46. The number of esters is 1. The lowest BCUT2D eigenvalue weighted by Crippen LogP contribution is -2.21. The maximum absolute atomic E-state index is 13.2. The van der Waals surface area contributed by atoms with Gasteiger partial charge in [-0.2, -0.15) is 0 Å². The minimum Gasteiger partial charge on any atom is -0.459 e. The highest BCUT2D eigenvalue weighted by molar-refractivity contribution is 7.17. The van der Waals surface area contributed by atoms with E-state index >= 15 is 0 Å². The van der Waals surface area contributed by atoms with Crippen molar-refractivity contribution in [2.75, 3.05) is 0 Å². The molecule has 0 unspecified atom stereocenters. The fourth-order valence-corrected chi connectivity index (χ4v) is 4.18. The molecule has 0 radical (unpaired) electrons. The number of benzene rings is 2. The summed E-state index contributed by atoms with van der Waals surface area (Å²) >= 11 is 7.43. The summed E-state index contributed by atoms with van der Waals surface area (Å²) in [5, 5.41) is 3.19. The number of carbonyl (C=O) groups is 1. The number of fused-ring (bicyclic) bond motifs is 1. The summed E-state index contributed by atoms with van der Waals surface area (Å²) in [6.07, 6.45) is 1.39. The molecule has 152 valence electrons. The molecule has 0 fully saturated rings. The molecule has 2 heterocycles. The number of rotatable bonds is 5. The predicted molar refractivity (Wildman–Crippen MR) is 120 cm³/mol. The van der Waals surface area contributed by atoms with Crippen LogP contribution in [-0.2, 0) is 11.3 Å². The molecule has 0 aliphatic rings. The molecule has 0 saturated carbocycles. The molecule has 0 atom stereocenters. The van der Waals surface area contributed by atoms with Crippen LogP contribution < -0.4 is 5.56 Å². The Kier molecular flexibility index (Phi) is 5.70. The van der Waals surface area contributed by atoms with Gasteiger partial charge >= 0.3 is 5.97 Å². The fraction of sp³-hybridized carbons (Fsp3) is 0.174. The van der Waals surface area contributed by atoms with Gasteiger partial charge in [0.2, 0.25) is 0 Å². The molecule has 4 aromatic rings. The first-order chi connectivity index (χ1) is 14.4. The van der Waals surface area contributed by atoms with Crippen molar-refractivity contribution in [3.8, 4) is 11.1 Å². The Balaban J connectivity index is 1.64. The van der Waals surface area contributed by atoms with Crippen molar-refractivity contribution in [2.24, 2.45) is 0 Å². The molecule has 0 bridgehead atoms. The second kappa shape index (κ2) is 8.42. The van der Waals surface area contributed by atoms with Crippen LogP contribution >= 0.6 is 22.9 Å². The van der Waals surface area contributed by atoms with Crippen LogP contribution in [0.2, 0.25) is 5.02 Å². The van der Waals surface area contributed by atoms with Gasteiger partial charge in [0.05, 0.1) is 29.9 Å². The molecule has 30 heavy (non-hydrogen) atoms. The Morgan fingerprint density at radius 3 is 2.50 bits per heavy atom. The molecule has 4 rings (SSSR count). The van der Waals surface area contributed by atoms with Gasteiger partial charge in [0.25, 0.3) is 5.56 Å². The van der Waals surface area contributed by atoms with Gasteiger partial charge in [-0.1, -0.05) is 35.9 Å². The zero-order valence-corrected chi connectivity index (χ0v) is 18.0. The second-order valence-electron chi connectivity index (χ2n) is 7.17. The van der Waals surface area contributed by atoms with Gasteiger partial charge in [-0.3, -0.25) is 9.36 Å². The maximum atomic E-state index is 13.2. The van der Waals surface area contributed by atoms with Gasteiger partial charge in [-0.05, 0) is 49.2 Å². The van der Waals surface area contributed by atoms with E-state index in [1.54, 1.807) is 35.2 Å². The van der Waals surface area contributed by atoms with Crippen molar-refractivity contribution in [2.45, 2.75) is 26.5 Å². The smallest absolute Gasteiger partial charge is 0.338 e. The number of ether oxygens (including phenoxy) is 1. The molecule has 5 nitrogen and oxygen atoms in total. The summed E-state index contributed by atoms with van der Waals surface area (Å²) in [7, 11) is 0. The minimum absolute atomic E-state index is 0.102. The van der Waals surface area contributed by atoms with Crippen molar-refractivity contribution in [3.63, 3.8) is 0 Å². The van der Waals surface area contributed by atoms with Crippen LogP contribution in [0.25, 0.3) is 21.3 Å². The molecule has 0 spiro atoms. The first-order valence-electron chi connectivity index (χ1n) is 9.45. The molecule has 7 heteroatoms. The summed E-state index contributed by atoms with van der Waals surface area (Å²) in [6.45, 7) is 3.98. The lowest BCUT2D eigenvalue weighted by atomic mass is 10.1. The van der Waals surface area contributed by atoms with Crippen molar-refractivity contribution < 1.29 is 9.53 Å². The highest BCUT2D eigenvalue weighted by Gasteiger charge is 2.14. The minimum atomic E-state index is -0.359. The number of carbonyl (C=O) groups excluding carboxylic acids is 1. The third-order valence-electron chi connectivity index (χ3n) is 4.60. The van der Waals surface area contributed by atoms with E-state index in [0.29, 0.717) is 27.3 Å². The zero-order chi connectivity index (χ0) is 21.3. The fourth-order valence-electron chi connectivity index (χ4n) is 3.15. The maximum Gasteiger partial charge on any atom is 0.338 e. The van der Waals surface area contributed by atoms with Crippen LogP contribution in [0, 0.1) is 0 Å². The van der Waals surface area contributed by atoms with Crippen LogP contribution in [0.1, 0.15) is 29.8 Å². The Bertz CT molecular complexity index is 1260. The summed E-state index contributed by atoms with van der Waals surface area (Å²) in [6, 6.07) is 14.5. The molecule has 0 aliphatic heterocycles. The average Bonchev–Trinajstić information content (AvgIpc) is 3.15. The van der Waals surface area contributed by atoms with E-state index < -0.39 is 0 Å². The Morgan fingerprint density at radius 2 is 1.83 bits per heavy atom. The van der Waals surface area contributed by atoms with Crippen LogP contribution in [0.3, 0.4) is 0 Å². The highest BCUT2D eigenvalue weighted by Crippen LogP contribution is 2.31. The van der Waals surface area contributed by atoms with Crippen LogP contribution in [0.5, 0.6) is 0 Å². The first-order valence-corrected chi connectivity index (χ1v) is 10.7. The van der Waals surface area contributed by atoms with Gasteiger partial charge in [0.15, 0.2) is 0 Å². The third-order valence-corrected chi connectivity index (χ3v) is 5.74. The van der Waals surface area contributed by atoms with E-state index in [4.69, 9.17) is 16.3 Å². The quantitative estimate of drug-likeness (QED) is 0.392. The molecule has 0 amide bonds. The van der Waals surface area contributed by atoms with Crippen LogP contribution in [0.4, 0.5) is 0 Å². The van der Waals surface area contributed by atoms with Gasteiger partial charge in [-0.25, -0.2) is 9.78 Å². The number of hydrogen-bond donors (Lipinski definition) is 0. The van der Waals surface area contributed by atoms with E-state index in [0.717, 1.165) is 16.7 Å². The lowest BCUT2D eigenvalue weighted by Gasteiger charge is -2.09. The van der Waals surface area contributed by atoms with Crippen molar-refractivity contribution in [3.05, 3.63) is 86.7 Å². The number of nitrogens with zero attached hydrogens (tertiary/aromatic N) is 2.